The van der Waals surface area contributed by atoms with Crippen LogP contribution in [0.2, 0.25) is 0 Å². The van der Waals surface area contributed by atoms with Crippen molar-refractivity contribution >= 4 is 22.5 Å². The maximum atomic E-state index is 12.2. The molecule has 2 aromatic heterocycles. The van der Waals surface area contributed by atoms with Crippen LogP contribution < -0.4 is 0 Å². The molecule has 2 atom stereocenters. The Balaban J connectivity index is 1.48. The molecule has 2 fully saturated rings. The Morgan fingerprint density at radius 3 is 2.77 bits per heavy atom. The summed E-state index contributed by atoms with van der Waals surface area (Å²) in [6.45, 7) is 8.70. The van der Waals surface area contributed by atoms with E-state index in [1.165, 1.54) is 25.2 Å². The average Bonchev–Trinajstić information content (AvgIpc) is 3.37. The zero-order chi connectivity index (χ0) is 21.8. The lowest BCUT2D eigenvalue weighted by atomic mass is 9.65. The van der Waals surface area contributed by atoms with Gasteiger partial charge in [-0.15, -0.1) is 10.2 Å². The van der Waals surface area contributed by atoms with E-state index in [0.29, 0.717) is 29.2 Å². The van der Waals surface area contributed by atoms with Crippen LogP contribution in [-0.4, -0.2) is 33.1 Å². The first kappa shape index (κ1) is 20.0. The van der Waals surface area contributed by atoms with Crippen molar-refractivity contribution in [3.8, 4) is 5.88 Å². The summed E-state index contributed by atoms with van der Waals surface area (Å²) < 4.78 is 6.97. The molecule has 0 unspecified atom stereocenters. The smallest absolute Gasteiger partial charge is 0.331 e. The lowest BCUT2D eigenvalue weighted by molar-refractivity contribution is 0.0968. The van der Waals surface area contributed by atoms with Gasteiger partial charge in [0.1, 0.15) is 0 Å². The van der Waals surface area contributed by atoms with Crippen LogP contribution in [0.4, 0.5) is 5.69 Å². The molecule has 1 N–H and O–H groups in total. The summed E-state index contributed by atoms with van der Waals surface area (Å²) in [4.78, 5) is 14.7. The molecule has 3 aromatic rings. The number of amides is 1. The minimum Gasteiger partial charge on any atom is -0.493 e. The highest BCUT2D eigenvalue weighted by Crippen LogP contribution is 2.53. The summed E-state index contributed by atoms with van der Waals surface area (Å²) in [6.07, 6.45) is 4.99. The molecule has 31 heavy (non-hydrogen) atoms. The van der Waals surface area contributed by atoms with Crippen molar-refractivity contribution in [1.29, 1.82) is 0 Å². The van der Waals surface area contributed by atoms with Crippen LogP contribution in [0.15, 0.2) is 57.3 Å². The van der Waals surface area contributed by atoms with E-state index in [2.05, 4.69) is 35.9 Å². The molecule has 162 valence electrons. The van der Waals surface area contributed by atoms with Gasteiger partial charge in [0.2, 0.25) is 5.88 Å². The second kappa shape index (κ2) is 7.05. The number of likely N-dealkylation sites (tertiary alicyclic amines) is 1. The molecule has 2 bridgehead atoms. The van der Waals surface area contributed by atoms with Gasteiger partial charge in [0.15, 0.2) is 11.4 Å². The van der Waals surface area contributed by atoms with E-state index in [0.717, 1.165) is 23.9 Å². The first-order valence-electron chi connectivity index (χ1n) is 10.8. The minimum atomic E-state index is -0.579. The number of azo groups is 1. The van der Waals surface area contributed by atoms with Crippen LogP contribution in [0.25, 0.3) is 10.9 Å². The lowest BCUT2D eigenvalue weighted by Crippen LogP contribution is -2.35. The van der Waals surface area contributed by atoms with E-state index in [4.69, 9.17) is 4.42 Å². The zero-order valence-corrected chi connectivity index (χ0v) is 18.2. The predicted molar refractivity (Wildman–Crippen MR) is 117 cm³/mol. The van der Waals surface area contributed by atoms with Gasteiger partial charge in [0.25, 0.3) is 0 Å². The Morgan fingerprint density at radius 2 is 2.00 bits per heavy atom. The van der Waals surface area contributed by atoms with Gasteiger partial charge >= 0.3 is 5.91 Å². The van der Waals surface area contributed by atoms with Gasteiger partial charge in [-0.05, 0) is 48.3 Å². The van der Waals surface area contributed by atoms with Crippen molar-refractivity contribution in [2.75, 3.05) is 6.54 Å². The van der Waals surface area contributed by atoms with Crippen molar-refractivity contribution in [2.24, 2.45) is 21.1 Å². The molecule has 0 spiro atoms. The SMILES string of the molecule is CC1(C)C[C@H]2C[C@](C)(CN2Cn2c(O)c(N=NC(=O)c3ccco3)c3ccccc32)C1. The summed E-state index contributed by atoms with van der Waals surface area (Å²) in [6, 6.07) is 11.4. The number of aromatic nitrogens is 1. The van der Waals surface area contributed by atoms with E-state index >= 15 is 0 Å². The largest absolute Gasteiger partial charge is 0.493 e. The number of aromatic hydroxyl groups is 1. The van der Waals surface area contributed by atoms with E-state index < -0.39 is 5.91 Å². The van der Waals surface area contributed by atoms with E-state index in [-0.39, 0.29) is 11.6 Å². The van der Waals surface area contributed by atoms with Gasteiger partial charge in [-0.3, -0.25) is 14.3 Å². The van der Waals surface area contributed by atoms with Gasteiger partial charge in [0, 0.05) is 18.0 Å². The summed E-state index contributed by atoms with van der Waals surface area (Å²) in [5, 5.41) is 19.7. The van der Waals surface area contributed by atoms with Crippen LogP contribution in [0.1, 0.15) is 50.6 Å². The molecule has 3 heterocycles. The number of hydrogen-bond acceptors (Lipinski definition) is 5. The van der Waals surface area contributed by atoms with Crippen molar-refractivity contribution < 1.29 is 14.3 Å². The first-order chi connectivity index (χ1) is 14.7. The summed E-state index contributed by atoms with van der Waals surface area (Å²) in [7, 11) is 0. The first-order valence-corrected chi connectivity index (χ1v) is 10.8. The number of rotatable bonds is 4. The molecular weight excluding hydrogens is 392 g/mol. The monoisotopic (exact) mass is 420 g/mol. The third-order valence-electron chi connectivity index (χ3n) is 6.74. The molecule has 7 heteroatoms. The van der Waals surface area contributed by atoms with Crippen molar-refractivity contribution in [3.05, 3.63) is 48.4 Å². The molecule has 0 radical (unpaired) electrons. The van der Waals surface area contributed by atoms with E-state index in [9.17, 15) is 9.90 Å². The van der Waals surface area contributed by atoms with Gasteiger partial charge in [-0.25, -0.2) is 0 Å². The number of carbonyl (C=O) groups is 1. The molecule has 1 saturated carbocycles. The molecule has 1 aliphatic heterocycles. The van der Waals surface area contributed by atoms with Crippen molar-refractivity contribution in [1.82, 2.24) is 9.47 Å². The summed E-state index contributed by atoms with van der Waals surface area (Å²) in [5.41, 5.74) is 1.83. The molecule has 7 nitrogen and oxygen atoms in total. The van der Waals surface area contributed by atoms with Crippen LogP contribution in [0.5, 0.6) is 5.88 Å². The van der Waals surface area contributed by atoms with Gasteiger partial charge in [0.05, 0.1) is 18.4 Å². The van der Waals surface area contributed by atoms with Crippen molar-refractivity contribution in [2.45, 2.75) is 52.7 Å². The number of carbonyl (C=O) groups excluding carboxylic acids is 1. The highest BCUT2D eigenvalue weighted by molar-refractivity contribution is 5.96. The minimum absolute atomic E-state index is 0.0306. The highest BCUT2D eigenvalue weighted by atomic mass is 16.3. The topological polar surface area (TPSA) is 83.3 Å². The zero-order valence-electron chi connectivity index (χ0n) is 18.2. The fourth-order valence-corrected chi connectivity index (χ4v) is 5.98. The molecule has 1 aliphatic carbocycles. The van der Waals surface area contributed by atoms with Crippen LogP contribution >= 0.6 is 0 Å². The number of furan rings is 1. The second-order valence-electron chi connectivity index (χ2n) is 10.2. The average molecular weight is 421 g/mol. The van der Waals surface area contributed by atoms with E-state index in [1.807, 2.05) is 28.8 Å². The number of benzene rings is 1. The lowest BCUT2D eigenvalue weighted by Gasteiger charge is -2.40. The number of nitrogens with zero attached hydrogens (tertiary/aromatic N) is 4. The molecular formula is C24H28N4O3. The van der Waals surface area contributed by atoms with Crippen LogP contribution in [-0.2, 0) is 6.67 Å². The predicted octanol–water partition coefficient (Wildman–Crippen LogP) is 5.72. The Hall–Kier alpha value is -2.93. The van der Waals surface area contributed by atoms with Crippen LogP contribution in [0, 0.1) is 10.8 Å². The number of hydrogen-bond donors (Lipinski definition) is 1. The molecule has 1 amide bonds. The summed E-state index contributed by atoms with van der Waals surface area (Å²) >= 11 is 0. The fraction of sp³-hybridized carbons (Fsp3) is 0.458. The maximum absolute atomic E-state index is 12.2. The Labute approximate surface area is 181 Å². The summed E-state index contributed by atoms with van der Waals surface area (Å²) in [5.74, 6) is -0.431. The third kappa shape index (κ3) is 3.57. The van der Waals surface area contributed by atoms with E-state index in [1.54, 1.807) is 6.07 Å². The van der Waals surface area contributed by atoms with Crippen LogP contribution in [0.3, 0.4) is 0 Å². The van der Waals surface area contributed by atoms with Gasteiger partial charge in [-0.1, -0.05) is 39.0 Å². The fourth-order valence-electron chi connectivity index (χ4n) is 5.98. The number of para-hydroxylation sites is 1. The Morgan fingerprint density at radius 1 is 1.19 bits per heavy atom. The highest BCUT2D eigenvalue weighted by Gasteiger charge is 2.49. The standard InChI is InChI=1S/C24H28N4O3/c1-23(2)11-16-12-24(3,13-23)14-27(16)15-28-18-8-5-4-7-17(18)20(22(28)30)25-26-21(29)19-9-6-10-31-19/h4-10,16,30H,11-15H2,1-3H3/t16-,24-/m0/s1. The second-order valence-corrected chi connectivity index (χ2v) is 10.2. The molecule has 5 rings (SSSR count). The van der Waals surface area contributed by atoms with Gasteiger partial charge < -0.3 is 9.52 Å². The molecule has 1 saturated heterocycles. The quantitative estimate of drug-likeness (QED) is 0.547. The Bertz CT molecular complexity index is 1160. The third-order valence-corrected chi connectivity index (χ3v) is 6.74. The molecule has 1 aromatic carbocycles. The Kier molecular flexibility index (Phi) is 4.55. The van der Waals surface area contributed by atoms with Crippen molar-refractivity contribution in [3.63, 3.8) is 0 Å². The maximum Gasteiger partial charge on any atom is 0.331 e. The normalized spacial score (nSPS) is 25.6. The molecule has 2 aliphatic rings. The van der Waals surface area contributed by atoms with Gasteiger partial charge in [-0.2, -0.15) is 0 Å². The number of fused-ring (bicyclic) bond motifs is 3.